The average Bonchev–Trinajstić information content (AvgIpc) is 3.53. The third-order valence-electron chi connectivity index (χ3n) is 7.05. The number of fused-ring (bicyclic) bond motifs is 2. The summed E-state index contributed by atoms with van der Waals surface area (Å²) in [7, 11) is -4.02. The molecule has 5 aromatic rings. The van der Waals surface area contributed by atoms with Gasteiger partial charge in [-0.2, -0.15) is 13.0 Å². The van der Waals surface area contributed by atoms with Gasteiger partial charge in [-0.25, -0.2) is 0 Å². The van der Waals surface area contributed by atoms with E-state index in [1.165, 1.54) is 16.0 Å². The number of benzene rings is 4. The molecule has 0 saturated heterocycles. The van der Waals surface area contributed by atoms with Crippen LogP contribution in [0.2, 0.25) is 0 Å². The Morgan fingerprint density at radius 2 is 1.62 bits per heavy atom. The lowest BCUT2D eigenvalue weighted by Gasteiger charge is -2.10. The lowest BCUT2D eigenvalue weighted by Crippen LogP contribution is -2.34. The standard InChI is InChI=1S/C32H28N2O3S3/c1-2-34-31(21-30-33-27-20-24(15-17-28(27)38-30)22-10-5-3-6-11-22)39-29-18-16-25(23-12-7-4-8-13-23)26(32(29)34)14-9-19-40(35,36)37/h3-8,10-13,15-18,20-21H,2,9,14,19H2,1H3,(H,35,36,37)/p+1. The van der Waals surface area contributed by atoms with E-state index in [9.17, 15) is 13.0 Å². The van der Waals surface area contributed by atoms with Gasteiger partial charge in [0.2, 0.25) is 5.52 Å². The first-order valence-electron chi connectivity index (χ1n) is 13.2. The Morgan fingerprint density at radius 1 is 0.900 bits per heavy atom. The number of hydrogen-bond acceptors (Lipinski definition) is 5. The first-order valence-corrected chi connectivity index (χ1v) is 16.5. The predicted molar refractivity (Wildman–Crippen MR) is 167 cm³/mol. The van der Waals surface area contributed by atoms with Crippen molar-refractivity contribution in [3.8, 4) is 22.3 Å². The van der Waals surface area contributed by atoms with Crippen molar-refractivity contribution in [2.24, 2.45) is 0 Å². The summed E-state index contributed by atoms with van der Waals surface area (Å²) in [4.78, 5) is 1.20. The van der Waals surface area contributed by atoms with Crippen LogP contribution in [-0.2, 0) is 23.1 Å². The summed E-state index contributed by atoms with van der Waals surface area (Å²) in [6, 6.07) is 31.4. The van der Waals surface area contributed by atoms with Crippen LogP contribution in [0.1, 0.15) is 23.9 Å². The summed E-state index contributed by atoms with van der Waals surface area (Å²) < 4.78 is 35.8. The summed E-state index contributed by atoms with van der Waals surface area (Å²) in [5.74, 6) is -0.255. The molecule has 1 aromatic heterocycles. The molecule has 0 atom stereocenters. The van der Waals surface area contributed by atoms with E-state index in [0.717, 1.165) is 49.2 Å². The molecule has 40 heavy (non-hydrogen) atoms. The summed E-state index contributed by atoms with van der Waals surface area (Å²) >= 11 is 3.47. The number of thiazole rings is 1. The summed E-state index contributed by atoms with van der Waals surface area (Å²) in [5, 5.41) is 5.82. The zero-order chi connectivity index (χ0) is 27.7. The van der Waals surface area contributed by atoms with Crippen molar-refractivity contribution >= 4 is 55.2 Å². The molecule has 0 spiro atoms. The monoisotopic (exact) mass is 585 g/mol. The molecule has 0 bridgehead atoms. The molecular weight excluding hydrogens is 557 g/mol. The van der Waals surface area contributed by atoms with E-state index in [0.29, 0.717) is 12.8 Å². The van der Waals surface area contributed by atoms with Gasteiger partial charge in [0, 0.05) is 10.5 Å². The molecule has 6 rings (SSSR count). The van der Waals surface area contributed by atoms with Crippen LogP contribution in [0.15, 0.2) is 101 Å². The van der Waals surface area contributed by atoms with Gasteiger partial charge in [-0.15, -0.1) is 0 Å². The highest BCUT2D eigenvalue weighted by Gasteiger charge is 2.26. The van der Waals surface area contributed by atoms with E-state index in [2.05, 4.69) is 89.6 Å². The van der Waals surface area contributed by atoms with Gasteiger partial charge in [0.15, 0.2) is 0 Å². The second-order valence-electron chi connectivity index (χ2n) is 9.69. The van der Waals surface area contributed by atoms with Crippen LogP contribution in [0.4, 0.5) is 5.69 Å². The normalized spacial score (nSPS) is 14.0. The Hall–Kier alpha value is -3.43. The molecule has 202 valence electrons. The lowest BCUT2D eigenvalue weighted by molar-refractivity contribution is -0.665. The smallest absolute Gasteiger partial charge is 0.265 e. The third kappa shape index (κ3) is 5.58. The molecule has 0 aliphatic carbocycles. The molecule has 0 fully saturated rings. The van der Waals surface area contributed by atoms with Crippen LogP contribution < -0.4 is 9.88 Å². The number of hydrogen-bond donors (Lipinski definition) is 2. The van der Waals surface area contributed by atoms with Crippen LogP contribution >= 0.6 is 23.1 Å². The van der Waals surface area contributed by atoms with Crippen molar-refractivity contribution in [2.45, 2.75) is 31.2 Å². The minimum Gasteiger partial charge on any atom is -0.349 e. The number of anilines is 1. The Labute approximate surface area is 243 Å². The average molecular weight is 586 g/mol. The van der Waals surface area contributed by atoms with Crippen LogP contribution in [0, 0.1) is 0 Å². The maximum absolute atomic E-state index is 11.5. The molecule has 2 heterocycles. The van der Waals surface area contributed by atoms with Crippen LogP contribution in [0.3, 0.4) is 0 Å². The highest BCUT2D eigenvalue weighted by atomic mass is 32.2. The Bertz CT molecular complexity index is 1830. The predicted octanol–water partition coefficient (Wildman–Crippen LogP) is 7.88. The summed E-state index contributed by atoms with van der Waals surface area (Å²) in [5.41, 5.74) is 7.91. The molecule has 0 unspecified atom stereocenters. The Kier molecular flexibility index (Phi) is 7.51. The van der Waals surface area contributed by atoms with Crippen molar-refractivity contribution in [1.29, 1.82) is 0 Å². The van der Waals surface area contributed by atoms with Gasteiger partial charge in [0.05, 0.1) is 22.5 Å². The molecule has 1 aliphatic rings. The Morgan fingerprint density at radius 3 is 2.33 bits per heavy atom. The minimum atomic E-state index is -4.02. The van der Waals surface area contributed by atoms with E-state index < -0.39 is 10.1 Å². The second kappa shape index (κ2) is 11.2. The maximum atomic E-state index is 11.5. The maximum Gasteiger partial charge on any atom is 0.265 e. The SMILES string of the molecule is CC[n+]1c(C=C2Nc3cc(-c4ccccc4)ccc3S2)sc2ccc(-c3ccccc3)c(CCCS(=O)(=O)O)c21. The van der Waals surface area contributed by atoms with Gasteiger partial charge >= 0.3 is 0 Å². The number of aryl methyl sites for hydroxylation is 2. The first kappa shape index (κ1) is 26.8. The second-order valence-corrected chi connectivity index (χ2v) is 13.4. The molecule has 0 radical (unpaired) electrons. The van der Waals surface area contributed by atoms with Gasteiger partial charge in [-0.05, 0) is 60.2 Å². The van der Waals surface area contributed by atoms with E-state index in [1.807, 2.05) is 24.3 Å². The van der Waals surface area contributed by atoms with Crippen molar-refractivity contribution < 1.29 is 17.5 Å². The highest BCUT2D eigenvalue weighted by molar-refractivity contribution is 8.03. The largest absolute Gasteiger partial charge is 0.349 e. The molecular formula is C32H29N2O3S3+. The van der Waals surface area contributed by atoms with Crippen LogP contribution in [0.25, 0.3) is 38.5 Å². The minimum absolute atomic E-state index is 0.255. The van der Waals surface area contributed by atoms with E-state index in [-0.39, 0.29) is 5.75 Å². The third-order valence-corrected chi connectivity index (χ3v) is 9.96. The number of rotatable bonds is 8. The van der Waals surface area contributed by atoms with Crippen molar-refractivity contribution in [1.82, 2.24) is 0 Å². The first-order chi connectivity index (χ1) is 19.4. The molecule has 0 saturated carbocycles. The fourth-order valence-electron chi connectivity index (χ4n) is 5.25. The summed E-state index contributed by atoms with van der Waals surface area (Å²) in [6.45, 7) is 2.92. The fourth-order valence-corrected chi connectivity index (χ4v) is 7.95. The van der Waals surface area contributed by atoms with Gasteiger partial charge in [-0.1, -0.05) is 95.9 Å². The zero-order valence-corrected chi connectivity index (χ0v) is 24.5. The van der Waals surface area contributed by atoms with Gasteiger partial charge in [0.25, 0.3) is 15.1 Å². The lowest BCUT2D eigenvalue weighted by atomic mass is 9.95. The highest BCUT2D eigenvalue weighted by Crippen LogP contribution is 2.44. The number of nitrogens with zero attached hydrogens (tertiary/aromatic N) is 1. The van der Waals surface area contributed by atoms with Crippen molar-refractivity contribution in [3.05, 3.63) is 107 Å². The fraction of sp³-hybridized carbons (Fsp3) is 0.156. The Balaban J connectivity index is 1.39. The summed E-state index contributed by atoms with van der Waals surface area (Å²) in [6.07, 6.45) is 3.12. The number of aromatic nitrogens is 1. The van der Waals surface area contributed by atoms with E-state index in [1.54, 1.807) is 23.1 Å². The molecule has 2 N–H and O–H groups in total. The molecule has 8 heteroatoms. The quantitative estimate of drug-likeness (QED) is 0.143. The van der Waals surface area contributed by atoms with E-state index in [4.69, 9.17) is 0 Å². The molecule has 0 amide bonds. The molecule has 5 nitrogen and oxygen atoms in total. The van der Waals surface area contributed by atoms with E-state index >= 15 is 0 Å². The van der Waals surface area contributed by atoms with Gasteiger partial charge in [0.1, 0.15) is 11.2 Å². The number of nitrogens with one attached hydrogen (secondary N) is 1. The number of thioether (sulfide) groups is 1. The van der Waals surface area contributed by atoms with Crippen LogP contribution in [-0.4, -0.2) is 18.7 Å². The molecule has 1 aliphatic heterocycles. The van der Waals surface area contributed by atoms with Crippen LogP contribution in [0.5, 0.6) is 0 Å². The van der Waals surface area contributed by atoms with Crippen molar-refractivity contribution in [2.75, 3.05) is 11.1 Å². The van der Waals surface area contributed by atoms with Gasteiger partial charge in [-0.3, -0.25) is 4.55 Å². The zero-order valence-electron chi connectivity index (χ0n) is 22.0. The topological polar surface area (TPSA) is 70.3 Å². The van der Waals surface area contributed by atoms with Gasteiger partial charge < -0.3 is 5.32 Å². The molecule has 4 aromatic carbocycles. The van der Waals surface area contributed by atoms with Crippen molar-refractivity contribution in [3.63, 3.8) is 0 Å².